The predicted molar refractivity (Wildman–Crippen MR) is 76.8 cm³/mol. The molecule has 0 bridgehead atoms. The van der Waals surface area contributed by atoms with Crippen molar-refractivity contribution in [3.8, 4) is 0 Å². The van der Waals surface area contributed by atoms with Gasteiger partial charge in [0.05, 0.1) is 10.8 Å². The summed E-state index contributed by atoms with van der Waals surface area (Å²) in [4.78, 5) is 11.9. The first-order chi connectivity index (χ1) is 8.63. The number of hydrogen-bond donors (Lipinski definition) is 2. The summed E-state index contributed by atoms with van der Waals surface area (Å²) in [7, 11) is -3.14. The van der Waals surface area contributed by atoms with E-state index < -0.39 is 14.6 Å². The number of nitrogens with one attached hydrogen (secondary N) is 2. The van der Waals surface area contributed by atoms with Crippen LogP contribution in [-0.2, 0) is 14.6 Å². The smallest absolute Gasteiger partial charge is 0.237 e. The van der Waals surface area contributed by atoms with E-state index >= 15 is 0 Å². The maximum Gasteiger partial charge on any atom is 0.237 e. The summed E-state index contributed by atoms with van der Waals surface area (Å²) >= 11 is 0. The minimum absolute atomic E-state index is 0.0452. The maximum absolute atomic E-state index is 11.9. The third-order valence-electron chi connectivity index (χ3n) is 3.93. The predicted octanol–water partition coefficient (Wildman–Crippen LogP) is 0.847. The van der Waals surface area contributed by atoms with Crippen molar-refractivity contribution in [3.63, 3.8) is 0 Å². The summed E-state index contributed by atoms with van der Waals surface area (Å²) < 4.78 is 22.3. The lowest BCUT2D eigenvalue weighted by atomic mass is 10.2. The first-order valence-corrected chi connectivity index (χ1v) is 8.76. The first kappa shape index (κ1) is 16.4. The minimum Gasteiger partial charge on any atom is -0.352 e. The summed E-state index contributed by atoms with van der Waals surface area (Å²) in [5.74, 6) is -0.0452. The van der Waals surface area contributed by atoms with Crippen LogP contribution in [0.3, 0.4) is 0 Å². The van der Waals surface area contributed by atoms with Crippen molar-refractivity contribution in [1.29, 1.82) is 0 Å². The van der Waals surface area contributed by atoms with Gasteiger partial charge in [-0.3, -0.25) is 4.79 Å². The molecule has 0 radical (unpaired) electrons. The molecule has 1 unspecified atom stereocenters. The number of carbonyl (C=O) groups excluding carboxylic acids is 1. The Morgan fingerprint density at radius 3 is 2.32 bits per heavy atom. The summed E-state index contributed by atoms with van der Waals surface area (Å²) in [5, 5.41) is 6.01. The second-order valence-corrected chi connectivity index (χ2v) is 8.77. The molecule has 1 amide bonds. The highest BCUT2D eigenvalue weighted by atomic mass is 32.2. The van der Waals surface area contributed by atoms with Crippen LogP contribution >= 0.6 is 0 Å². The Balaban J connectivity index is 2.42. The fourth-order valence-corrected chi connectivity index (χ4v) is 2.36. The Morgan fingerprint density at radius 1 is 1.32 bits per heavy atom. The highest BCUT2D eigenvalue weighted by molar-refractivity contribution is 7.92. The van der Waals surface area contributed by atoms with Gasteiger partial charge in [0.15, 0.2) is 9.84 Å². The van der Waals surface area contributed by atoms with Gasteiger partial charge < -0.3 is 10.6 Å². The van der Waals surface area contributed by atoms with Gasteiger partial charge in [-0.1, -0.05) is 12.8 Å². The number of sulfone groups is 1. The van der Waals surface area contributed by atoms with Gasteiger partial charge in [0, 0.05) is 18.8 Å². The largest absolute Gasteiger partial charge is 0.352 e. The van der Waals surface area contributed by atoms with E-state index in [0.29, 0.717) is 6.04 Å². The van der Waals surface area contributed by atoms with Gasteiger partial charge in [0.25, 0.3) is 0 Å². The fourth-order valence-electron chi connectivity index (χ4n) is 2.02. The second kappa shape index (κ2) is 6.22. The standard InChI is InChI=1S/C13H26N2O3S/c1-10(12(16)15-11-7-5-6-8-11)14-9-13(2,3)19(4,17)18/h10-11,14H,5-9H2,1-4H3,(H,15,16). The number of carbonyl (C=O) groups is 1. The molecule has 19 heavy (non-hydrogen) atoms. The van der Waals surface area contributed by atoms with E-state index in [9.17, 15) is 13.2 Å². The average Bonchev–Trinajstić information content (AvgIpc) is 2.77. The zero-order chi connectivity index (χ0) is 14.7. The number of hydrogen-bond acceptors (Lipinski definition) is 4. The van der Waals surface area contributed by atoms with Crippen molar-refractivity contribution in [2.24, 2.45) is 0 Å². The molecular weight excluding hydrogens is 264 g/mol. The van der Waals surface area contributed by atoms with Crippen molar-refractivity contribution in [2.75, 3.05) is 12.8 Å². The van der Waals surface area contributed by atoms with E-state index in [4.69, 9.17) is 0 Å². The minimum atomic E-state index is -3.14. The molecule has 0 spiro atoms. The molecular formula is C13H26N2O3S. The molecule has 1 aliphatic rings. The molecule has 0 aromatic rings. The van der Waals surface area contributed by atoms with Gasteiger partial charge >= 0.3 is 0 Å². The highest BCUT2D eigenvalue weighted by Gasteiger charge is 2.31. The first-order valence-electron chi connectivity index (χ1n) is 6.87. The lowest BCUT2D eigenvalue weighted by Gasteiger charge is -2.25. The van der Waals surface area contributed by atoms with Crippen LogP contribution in [0.15, 0.2) is 0 Å². The summed E-state index contributed by atoms with van der Waals surface area (Å²) in [6.07, 6.45) is 5.67. The summed E-state index contributed by atoms with van der Waals surface area (Å²) in [6, 6.07) is -0.0821. The molecule has 1 aliphatic carbocycles. The van der Waals surface area contributed by atoms with Gasteiger partial charge in [-0.05, 0) is 33.6 Å². The molecule has 0 heterocycles. The number of amides is 1. The molecule has 6 heteroatoms. The molecule has 0 saturated heterocycles. The Bertz CT molecular complexity index is 412. The second-order valence-electron chi connectivity index (χ2n) is 6.12. The van der Waals surface area contributed by atoms with Crippen LogP contribution in [0.4, 0.5) is 0 Å². The Labute approximate surface area is 116 Å². The van der Waals surface area contributed by atoms with Crippen molar-refractivity contribution in [1.82, 2.24) is 10.6 Å². The van der Waals surface area contributed by atoms with E-state index in [0.717, 1.165) is 12.8 Å². The molecule has 1 fully saturated rings. The topological polar surface area (TPSA) is 75.3 Å². The summed E-state index contributed by atoms with van der Waals surface area (Å²) in [6.45, 7) is 5.36. The maximum atomic E-state index is 11.9. The van der Waals surface area contributed by atoms with Gasteiger partial charge in [-0.25, -0.2) is 8.42 Å². The van der Waals surface area contributed by atoms with Crippen molar-refractivity contribution >= 4 is 15.7 Å². The molecule has 0 aromatic carbocycles. The van der Waals surface area contributed by atoms with Crippen molar-refractivity contribution in [2.45, 2.75) is 63.3 Å². The third kappa shape index (κ3) is 4.76. The quantitative estimate of drug-likeness (QED) is 0.760. The van der Waals surface area contributed by atoms with Crippen molar-refractivity contribution < 1.29 is 13.2 Å². The molecule has 1 rings (SSSR count). The van der Waals surface area contributed by atoms with Crippen LogP contribution in [0.25, 0.3) is 0 Å². The zero-order valence-electron chi connectivity index (χ0n) is 12.3. The van der Waals surface area contributed by atoms with Crippen LogP contribution in [0.5, 0.6) is 0 Å². The number of rotatable bonds is 6. The van der Waals surface area contributed by atoms with Crippen LogP contribution in [-0.4, -0.2) is 44.0 Å². The third-order valence-corrected chi connectivity index (χ3v) is 6.08. The SMILES string of the molecule is CC(NCC(C)(C)S(C)(=O)=O)C(=O)NC1CCCC1. The van der Waals surface area contributed by atoms with E-state index in [1.807, 2.05) is 0 Å². The van der Waals surface area contributed by atoms with E-state index in [1.165, 1.54) is 19.1 Å². The van der Waals surface area contributed by atoms with Crippen LogP contribution in [0.1, 0.15) is 46.5 Å². The molecule has 2 N–H and O–H groups in total. The average molecular weight is 290 g/mol. The van der Waals surface area contributed by atoms with Gasteiger partial charge in [0.1, 0.15) is 0 Å². The normalized spacial score (nSPS) is 19.4. The van der Waals surface area contributed by atoms with Crippen LogP contribution < -0.4 is 10.6 Å². The molecule has 0 aromatic heterocycles. The molecule has 5 nitrogen and oxygen atoms in total. The Hall–Kier alpha value is -0.620. The van der Waals surface area contributed by atoms with Gasteiger partial charge in [0.2, 0.25) is 5.91 Å². The van der Waals surface area contributed by atoms with Crippen LogP contribution in [0.2, 0.25) is 0 Å². The van der Waals surface area contributed by atoms with Gasteiger partial charge in [-0.2, -0.15) is 0 Å². The lowest BCUT2D eigenvalue weighted by Crippen LogP contribution is -2.50. The Morgan fingerprint density at radius 2 is 1.84 bits per heavy atom. The lowest BCUT2D eigenvalue weighted by molar-refractivity contribution is -0.123. The molecule has 1 atom stereocenters. The molecule has 112 valence electrons. The monoisotopic (exact) mass is 290 g/mol. The van der Waals surface area contributed by atoms with Crippen LogP contribution in [0, 0.1) is 0 Å². The summed E-state index contributed by atoms with van der Waals surface area (Å²) in [5.41, 5.74) is 0. The van der Waals surface area contributed by atoms with E-state index in [-0.39, 0.29) is 18.5 Å². The van der Waals surface area contributed by atoms with Gasteiger partial charge in [-0.15, -0.1) is 0 Å². The highest BCUT2D eigenvalue weighted by Crippen LogP contribution is 2.18. The molecule has 0 aliphatic heterocycles. The zero-order valence-corrected chi connectivity index (χ0v) is 13.1. The molecule has 1 saturated carbocycles. The fraction of sp³-hybridized carbons (Fsp3) is 0.923. The van der Waals surface area contributed by atoms with E-state index in [1.54, 1.807) is 20.8 Å². The Kier molecular flexibility index (Phi) is 5.38. The van der Waals surface area contributed by atoms with Crippen molar-refractivity contribution in [3.05, 3.63) is 0 Å². The van der Waals surface area contributed by atoms with E-state index in [2.05, 4.69) is 10.6 Å².